The van der Waals surface area contributed by atoms with Gasteiger partial charge in [0.2, 0.25) is 0 Å². The smallest absolute Gasteiger partial charge is 0.0542 e. The predicted octanol–water partition coefficient (Wildman–Crippen LogP) is 9.34. The summed E-state index contributed by atoms with van der Waals surface area (Å²) in [6.45, 7) is 2.19. The fourth-order valence-corrected chi connectivity index (χ4v) is 6.19. The number of rotatable bonds is 2. The second-order valence-corrected chi connectivity index (χ2v) is 9.87. The quantitative estimate of drug-likeness (QED) is 0.237. The number of benzene rings is 6. The first-order chi connectivity index (χ1) is 18.3. The van der Waals surface area contributed by atoms with Crippen LogP contribution < -0.4 is 0 Å². The Balaban J connectivity index is 1.48. The van der Waals surface area contributed by atoms with Crippen molar-refractivity contribution in [1.29, 1.82) is 0 Å². The highest BCUT2D eigenvalue weighted by Gasteiger charge is 2.17. The predicted molar refractivity (Wildman–Crippen MR) is 157 cm³/mol. The molecule has 6 aromatic carbocycles. The van der Waals surface area contributed by atoms with Crippen LogP contribution >= 0.6 is 0 Å². The Morgan fingerprint density at radius 2 is 0.865 bits per heavy atom. The summed E-state index contributed by atoms with van der Waals surface area (Å²) in [6.07, 6.45) is 0. The molecule has 0 bridgehead atoms. The molecule has 37 heavy (non-hydrogen) atoms. The topological polar surface area (TPSA) is 9.86 Å². The average Bonchev–Trinajstić information content (AvgIpc) is 3.46. The molecule has 2 heteroatoms. The number of nitrogens with zero attached hydrogens (tertiary/aromatic N) is 2. The van der Waals surface area contributed by atoms with Crippen LogP contribution in [0, 0.1) is 6.92 Å². The van der Waals surface area contributed by atoms with Gasteiger partial charge in [0, 0.05) is 32.6 Å². The van der Waals surface area contributed by atoms with Gasteiger partial charge in [0.05, 0.1) is 27.8 Å². The summed E-state index contributed by atoms with van der Waals surface area (Å²) in [5.74, 6) is 0. The average molecular weight is 473 g/mol. The van der Waals surface area contributed by atoms with Gasteiger partial charge >= 0.3 is 0 Å². The van der Waals surface area contributed by atoms with Crippen molar-refractivity contribution in [2.24, 2.45) is 0 Å². The zero-order chi connectivity index (χ0) is 24.5. The minimum Gasteiger partial charge on any atom is -0.309 e. The van der Waals surface area contributed by atoms with Crippen LogP contribution in [-0.2, 0) is 0 Å². The minimum atomic E-state index is 1.18. The molecule has 0 saturated heterocycles. The number of hydrogen-bond donors (Lipinski definition) is 0. The van der Waals surface area contributed by atoms with E-state index in [1.807, 2.05) is 0 Å². The summed E-state index contributed by atoms with van der Waals surface area (Å²) in [4.78, 5) is 0. The van der Waals surface area contributed by atoms with Crippen molar-refractivity contribution in [1.82, 2.24) is 9.13 Å². The van der Waals surface area contributed by atoms with Crippen molar-refractivity contribution in [2.45, 2.75) is 6.92 Å². The molecular formula is C35H24N2. The highest BCUT2D eigenvalue weighted by Crippen LogP contribution is 2.38. The molecule has 0 aliphatic heterocycles. The first-order valence-corrected chi connectivity index (χ1v) is 12.8. The van der Waals surface area contributed by atoms with E-state index >= 15 is 0 Å². The molecule has 0 fully saturated rings. The molecule has 0 unspecified atom stereocenters. The molecule has 2 aromatic heterocycles. The highest BCUT2D eigenvalue weighted by atomic mass is 15.0. The number of para-hydroxylation sites is 3. The summed E-state index contributed by atoms with van der Waals surface area (Å²) in [5.41, 5.74) is 8.62. The first kappa shape index (κ1) is 20.4. The lowest BCUT2D eigenvalue weighted by Gasteiger charge is -2.13. The lowest BCUT2D eigenvalue weighted by atomic mass is 10.0. The van der Waals surface area contributed by atoms with E-state index in [1.165, 1.54) is 71.3 Å². The van der Waals surface area contributed by atoms with Gasteiger partial charge in [-0.15, -0.1) is 0 Å². The van der Waals surface area contributed by atoms with E-state index in [9.17, 15) is 0 Å². The summed E-state index contributed by atoms with van der Waals surface area (Å²) < 4.78 is 4.83. The van der Waals surface area contributed by atoms with Gasteiger partial charge in [0.25, 0.3) is 0 Å². The fraction of sp³-hybridized carbons (Fsp3) is 0.0286. The van der Waals surface area contributed by atoms with Crippen molar-refractivity contribution in [3.63, 3.8) is 0 Å². The van der Waals surface area contributed by atoms with E-state index in [1.54, 1.807) is 0 Å². The molecule has 174 valence electrons. The monoisotopic (exact) mass is 472 g/mol. The second kappa shape index (κ2) is 7.59. The Bertz CT molecular complexity index is 2100. The summed E-state index contributed by atoms with van der Waals surface area (Å²) >= 11 is 0. The Hall–Kier alpha value is -4.82. The van der Waals surface area contributed by atoms with Crippen LogP contribution in [0.15, 0.2) is 127 Å². The largest absolute Gasteiger partial charge is 0.309 e. The van der Waals surface area contributed by atoms with Crippen molar-refractivity contribution in [3.05, 3.63) is 133 Å². The maximum Gasteiger partial charge on any atom is 0.0542 e. The van der Waals surface area contributed by atoms with E-state index in [-0.39, 0.29) is 0 Å². The van der Waals surface area contributed by atoms with E-state index in [4.69, 9.17) is 0 Å². The van der Waals surface area contributed by atoms with Crippen LogP contribution in [0.4, 0.5) is 0 Å². The van der Waals surface area contributed by atoms with Gasteiger partial charge < -0.3 is 9.13 Å². The number of hydrogen-bond acceptors (Lipinski definition) is 0. The molecule has 0 aliphatic carbocycles. The number of fused-ring (bicyclic) bond motifs is 7. The van der Waals surface area contributed by atoms with Crippen LogP contribution in [0.1, 0.15) is 5.56 Å². The Labute approximate surface area is 214 Å². The van der Waals surface area contributed by atoms with Crippen molar-refractivity contribution < 1.29 is 0 Å². The van der Waals surface area contributed by atoms with Crippen molar-refractivity contribution in [3.8, 4) is 11.4 Å². The highest BCUT2D eigenvalue weighted by molar-refractivity contribution is 6.13. The Kier molecular flexibility index (Phi) is 4.18. The second-order valence-electron chi connectivity index (χ2n) is 9.87. The normalized spacial score (nSPS) is 11.9. The zero-order valence-corrected chi connectivity index (χ0v) is 20.5. The molecule has 0 N–H and O–H groups in total. The molecule has 0 atom stereocenters. The molecule has 2 nitrogen and oxygen atoms in total. The summed E-state index contributed by atoms with van der Waals surface area (Å²) in [5, 5.41) is 7.67. The van der Waals surface area contributed by atoms with Crippen LogP contribution in [-0.4, -0.2) is 9.13 Å². The molecule has 2 heterocycles. The molecule has 8 rings (SSSR count). The van der Waals surface area contributed by atoms with Gasteiger partial charge in [-0.1, -0.05) is 84.9 Å². The SMILES string of the molecule is Cc1ccc(-n2c3ccccc3c3cc(-n4c5ccccc5c5ccccc54)ccc32)c2ccccc12. The zero-order valence-electron chi connectivity index (χ0n) is 20.5. The Morgan fingerprint density at radius 1 is 0.378 bits per heavy atom. The number of aromatic nitrogens is 2. The van der Waals surface area contributed by atoms with Crippen molar-refractivity contribution >= 4 is 54.4 Å². The third kappa shape index (κ3) is 2.81. The lowest BCUT2D eigenvalue weighted by Crippen LogP contribution is -1.97. The van der Waals surface area contributed by atoms with Gasteiger partial charge in [-0.25, -0.2) is 0 Å². The van der Waals surface area contributed by atoms with Gasteiger partial charge in [-0.3, -0.25) is 0 Å². The van der Waals surface area contributed by atoms with E-state index in [2.05, 4.69) is 143 Å². The molecule has 0 saturated carbocycles. The third-order valence-corrected chi connectivity index (χ3v) is 7.85. The standard InChI is InChI=1S/C35H24N2/c1-23-18-20-34(26-11-3-2-10-25(23)26)37-33-17-9-6-14-29(33)30-22-24(19-21-35(30)37)36-31-15-7-4-12-27(31)28-13-5-8-16-32(28)36/h2-22H,1H3. The van der Waals surface area contributed by atoms with E-state index < -0.39 is 0 Å². The molecule has 8 aromatic rings. The number of aryl methyl sites for hydroxylation is 1. The maximum absolute atomic E-state index is 2.43. The van der Waals surface area contributed by atoms with E-state index in [0.29, 0.717) is 0 Å². The van der Waals surface area contributed by atoms with E-state index in [0.717, 1.165) is 0 Å². The third-order valence-electron chi connectivity index (χ3n) is 7.85. The first-order valence-electron chi connectivity index (χ1n) is 12.8. The van der Waals surface area contributed by atoms with Gasteiger partial charge in [-0.05, 0) is 60.3 Å². The van der Waals surface area contributed by atoms with Crippen LogP contribution in [0.2, 0.25) is 0 Å². The molecule has 0 aliphatic rings. The fourth-order valence-electron chi connectivity index (χ4n) is 6.19. The van der Waals surface area contributed by atoms with Crippen LogP contribution in [0.25, 0.3) is 65.8 Å². The molecule has 0 amide bonds. The van der Waals surface area contributed by atoms with Gasteiger partial charge in [0.1, 0.15) is 0 Å². The summed E-state index contributed by atoms with van der Waals surface area (Å²) in [7, 11) is 0. The summed E-state index contributed by atoms with van der Waals surface area (Å²) in [6, 6.07) is 46.4. The Morgan fingerprint density at radius 3 is 1.51 bits per heavy atom. The van der Waals surface area contributed by atoms with Crippen LogP contribution in [0.5, 0.6) is 0 Å². The molecule has 0 spiro atoms. The van der Waals surface area contributed by atoms with Crippen molar-refractivity contribution in [2.75, 3.05) is 0 Å². The molecule has 0 radical (unpaired) electrons. The lowest BCUT2D eigenvalue weighted by molar-refractivity contribution is 1.17. The van der Waals surface area contributed by atoms with Gasteiger partial charge in [0.15, 0.2) is 0 Å². The molecular weight excluding hydrogens is 448 g/mol. The van der Waals surface area contributed by atoms with Crippen LogP contribution in [0.3, 0.4) is 0 Å². The minimum absolute atomic E-state index is 1.18. The van der Waals surface area contributed by atoms with Gasteiger partial charge in [-0.2, -0.15) is 0 Å². The maximum atomic E-state index is 2.43.